The molecule has 0 aromatic heterocycles. The average Bonchev–Trinajstić information content (AvgIpc) is 3.20. The number of aliphatic hydroxyl groups excluding tert-OH is 1. The van der Waals surface area contributed by atoms with Gasteiger partial charge < -0.3 is 20.6 Å². The van der Waals surface area contributed by atoms with Crippen molar-refractivity contribution in [1.82, 2.24) is 15.5 Å². The average molecular weight is 398 g/mol. The Bertz CT molecular complexity index is 737. The molecule has 0 radical (unpaired) electrons. The van der Waals surface area contributed by atoms with Gasteiger partial charge in [0.2, 0.25) is 5.91 Å². The van der Waals surface area contributed by atoms with E-state index in [9.17, 15) is 9.90 Å². The van der Waals surface area contributed by atoms with Crippen molar-refractivity contribution in [1.29, 1.82) is 0 Å². The highest BCUT2D eigenvalue weighted by Gasteiger charge is 2.34. The van der Waals surface area contributed by atoms with E-state index in [4.69, 9.17) is 0 Å². The van der Waals surface area contributed by atoms with Gasteiger partial charge in [0.1, 0.15) is 0 Å². The number of amides is 1. The van der Waals surface area contributed by atoms with Crippen LogP contribution in [-0.2, 0) is 4.79 Å². The molecule has 1 aromatic rings. The number of benzene rings is 1. The third kappa shape index (κ3) is 4.61. The first kappa shape index (κ1) is 20.3. The molecule has 5 nitrogen and oxygen atoms in total. The summed E-state index contributed by atoms with van der Waals surface area (Å²) in [7, 11) is 0. The van der Waals surface area contributed by atoms with Crippen molar-refractivity contribution in [2.75, 3.05) is 13.1 Å². The van der Waals surface area contributed by atoms with Gasteiger partial charge in [0.25, 0.3) is 0 Å². The molecular formula is C24H35N3O2. The van der Waals surface area contributed by atoms with Crippen LogP contribution >= 0.6 is 0 Å². The highest BCUT2D eigenvalue weighted by atomic mass is 16.3. The van der Waals surface area contributed by atoms with Crippen LogP contribution < -0.4 is 10.6 Å². The Kier molecular flexibility index (Phi) is 6.14. The van der Waals surface area contributed by atoms with Gasteiger partial charge in [0.05, 0.1) is 23.9 Å². The van der Waals surface area contributed by atoms with Gasteiger partial charge in [-0.25, -0.2) is 0 Å². The van der Waals surface area contributed by atoms with Crippen LogP contribution in [0, 0.1) is 18.8 Å². The van der Waals surface area contributed by atoms with Gasteiger partial charge in [-0.15, -0.1) is 0 Å². The molecule has 5 heteroatoms. The Morgan fingerprint density at radius 1 is 1.14 bits per heavy atom. The maximum atomic E-state index is 13.0. The van der Waals surface area contributed by atoms with E-state index < -0.39 is 0 Å². The minimum atomic E-state index is -0.193. The molecule has 158 valence electrons. The van der Waals surface area contributed by atoms with Gasteiger partial charge >= 0.3 is 0 Å². The second kappa shape index (κ2) is 8.78. The summed E-state index contributed by atoms with van der Waals surface area (Å²) in [6.45, 7) is 6.13. The maximum absolute atomic E-state index is 13.0. The zero-order valence-corrected chi connectivity index (χ0v) is 17.7. The molecule has 1 aromatic carbocycles. The smallest absolute Gasteiger partial charge is 0.227 e. The number of nitrogens with one attached hydrogen (secondary N) is 2. The topological polar surface area (TPSA) is 64.6 Å². The van der Waals surface area contributed by atoms with E-state index >= 15 is 0 Å². The fourth-order valence-electron chi connectivity index (χ4n) is 5.02. The van der Waals surface area contributed by atoms with Crippen LogP contribution in [0.15, 0.2) is 36.2 Å². The Morgan fingerprint density at radius 3 is 2.59 bits per heavy atom. The third-order valence-electron chi connectivity index (χ3n) is 6.93. The first-order valence-electron chi connectivity index (χ1n) is 11.3. The lowest BCUT2D eigenvalue weighted by Gasteiger charge is -2.37. The number of carbonyl (C=O) groups is 1. The molecule has 0 bridgehead atoms. The molecule has 2 fully saturated rings. The highest BCUT2D eigenvalue weighted by molar-refractivity contribution is 5.81. The number of rotatable bonds is 4. The molecule has 3 atom stereocenters. The van der Waals surface area contributed by atoms with E-state index in [0.29, 0.717) is 6.04 Å². The molecular weight excluding hydrogens is 362 g/mol. The van der Waals surface area contributed by atoms with Crippen LogP contribution in [0.5, 0.6) is 0 Å². The zero-order valence-electron chi connectivity index (χ0n) is 17.7. The molecule has 29 heavy (non-hydrogen) atoms. The number of carbonyl (C=O) groups excluding carboxylic acids is 1. The van der Waals surface area contributed by atoms with E-state index in [1.807, 2.05) is 0 Å². The van der Waals surface area contributed by atoms with Gasteiger partial charge in [0, 0.05) is 19.1 Å². The normalized spacial score (nSPS) is 32.4. The lowest BCUT2D eigenvalue weighted by atomic mass is 9.88. The van der Waals surface area contributed by atoms with E-state index in [2.05, 4.69) is 59.7 Å². The quantitative estimate of drug-likeness (QED) is 0.730. The number of nitrogens with zero attached hydrogens (tertiary/aromatic N) is 1. The summed E-state index contributed by atoms with van der Waals surface area (Å²) in [4.78, 5) is 15.5. The van der Waals surface area contributed by atoms with Crippen LogP contribution in [0.4, 0.5) is 0 Å². The second-order valence-electron chi connectivity index (χ2n) is 9.21. The fraction of sp³-hybridized carbons (Fsp3) is 0.625. The second-order valence-corrected chi connectivity index (χ2v) is 9.21. The molecule has 1 amide bonds. The monoisotopic (exact) mass is 397 g/mol. The SMILES string of the molecule is Cc1ccc([C@@H]2CCCN2C2=CC(C(=O)N[C@H]3CC[C@H](O)CC3)[C@@H](C)CN2)cc1. The summed E-state index contributed by atoms with van der Waals surface area (Å²) >= 11 is 0. The number of hydrogen-bond donors (Lipinski definition) is 3. The van der Waals surface area contributed by atoms with Crippen molar-refractivity contribution in [2.45, 2.75) is 70.6 Å². The largest absolute Gasteiger partial charge is 0.393 e. The van der Waals surface area contributed by atoms with Crippen LogP contribution in [0.2, 0.25) is 0 Å². The van der Waals surface area contributed by atoms with Gasteiger partial charge in [-0.05, 0) is 63.0 Å². The Morgan fingerprint density at radius 2 is 1.86 bits per heavy atom. The van der Waals surface area contributed by atoms with Crippen molar-refractivity contribution in [3.8, 4) is 0 Å². The van der Waals surface area contributed by atoms with Gasteiger partial charge in [0.15, 0.2) is 0 Å². The Labute approximate surface area is 174 Å². The van der Waals surface area contributed by atoms with E-state index in [1.165, 1.54) is 17.5 Å². The van der Waals surface area contributed by atoms with E-state index in [-0.39, 0.29) is 29.9 Å². The lowest BCUT2D eigenvalue weighted by Crippen LogP contribution is -2.47. The summed E-state index contributed by atoms with van der Waals surface area (Å²) < 4.78 is 0. The Balaban J connectivity index is 1.47. The molecule has 1 saturated carbocycles. The number of likely N-dealkylation sites (tertiary alicyclic amines) is 1. The molecule has 0 spiro atoms. The maximum Gasteiger partial charge on any atom is 0.227 e. The van der Waals surface area contributed by atoms with Gasteiger partial charge in [-0.3, -0.25) is 4.79 Å². The van der Waals surface area contributed by atoms with E-state index in [1.54, 1.807) is 0 Å². The molecule has 3 N–H and O–H groups in total. The first-order valence-corrected chi connectivity index (χ1v) is 11.3. The molecule has 2 heterocycles. The fourth-order valence-corrected chi connectivity index (χ4v) is 5.02. The summed E-state index contributed by atoms with van der Waals surface area (Å²) in [6, 6.07) is 9.45. The molecule has 1 saturated heterocycles. The minimum absolute atomic E-state index is 0.0997. The van der Waals surface area contributed by atoms with Crippen molar-refractivity contribution in [3.63, 3.8) is 0 Å². The summed E-state index contributed by atoms with van der Waals surface area (Å²) in [5.74, 6) is 1.43. The van der Waals surface area contributed by atoms with Crippen molar-refractivity contribution >= 4 is 5.91 Å². The third-order valence-corrected chi connectivity index (χ3v) is 6.93. The summed E-state index contributed by atoms with van der Waals surface area (Å²) in [5.41, 5.74) is 2.64. The standard InChI is InChI=1S/C24H35N3O2/c1-16-5-7-18(8-6-16)22-4-3-13-27(22)23-14-21(17(2)15-25-23)24(29)26-19-9-11-20(28)12-10-19/h5-8,14,17,19-22,25,28H,3-4,9-13,15H2,1-2H3,(H,26,29)/t17-,19-,20-,21?,22-/m0/s1. The predicted molar refractivity (Wildman–Crippen MR) is 115 cm³/mol. The molecule has 3 aliphatic rings. The van der Waals surface area contributed by atoms with Crippen molar-refractivity contribution in [2.24, 2.45) is 11.8 Å². The predicted octanol–water partition coefficient (Wildman–Crippen LogP) is 3.25. The summed E-state index contributed by atoms with van der Waals surface area (Å²) in [5, 5.41) is 16.6. The molecule has 2 aliphatic heterocycles. The van der Waals surface area contributed by atoms with Crippen molar-refractivity contribution < 1.29 is 9.90 Å². The van der Waals surface area contributed by atoms with Crippen LogP contribution in [0.3, 0.4) is 0 Å². The minimum Gasteiger partial charge on any atom is -0.393 e. The van der Waals surface area contributed by atoms with Crippen molar-refractivity contribution in [3.05, 3.63) is 47.3 Å². The molecule has 1 unspecified atom stereocenters. The number of hydrogen-bond acceptors (Lipinski definition) is 4. The van der Waals surface area contributed by atoms with E-state index in [0.717, 1.165) is 51.0 Å². The Hall–Kier alpha value is -2.01. The van der Waals surface area contributed by atoms with Gasteiger partial charge in [-0.2, -0.15) is 0 Å². The number of aliphatic hydroxyl groups is 1. The van der Waals surface area contributed by atoms with Gasteiger partial charge in [-0.1, -0.05) is 36.8 Å². The zero-order chi connectivity index (χ0) is 20.4. The number of aryl methyl sites for hydroxylation is 1. The summed E-state index contributed by atoms with van der Waals surface area (Å²) in [6.07, 6.45) is 7.64. The van der Waals surface area contributed by atoms with Crippen LogP contribution in [0.1, 0.15) is 62.6 Å². The molecule has 4 rings (SSSR count). The van der Waals surface area contributed by atoms with Crippen LogP contribution in [0.25, 0.3) is 0 Å². The first-order chi connectivity index (χ1) is 14.0. The molecule has 1 aliphatic carbocycles. The highest BCUT2D eigenvalue weighted by Crippen LogP contribution is 2.36. The van der Waals surface area contributed by atoms with Crippen LogP contribution in [-0.4, -0.2) is 41.1 Å². The lowest BCUT2D eigenvalue weighted by molar-refractivity contribution is -0.126.